The molecule has 25 heavy (non-hydrogen) atoms. The molecule has 0 aliphatic carbocycles. The van der Waals surface area contributed by atoms with Crippen molar-refractivity contribution in [2.45, 2.75) is 18.7 Å². The van der Waals surface area contributed by atoms with Crippen molar-refractivity contribution in [1.29, 1.82) is 0 Å². The van der Waals surface area contributed by atoms with Gasteiger partial charge in [0.05, 0.1) is 0 Å². The Hall–Kier alpha value is -1.70. The second kappa shape index (κ2) is 7.68. The van der Waals surface area contributed by atoms with Gasteiger partial charge in [-0.1, -0.05) is 0 Å². The molecule has 0 aliphatic heterocycles. The molecule has 130 valence electrons. The number of halogens is 1. The van der Waals surface area contributed by atoms with Gasteiger partial charge in [0.1, 0.15) is 0 Å². The van der Waals surface area contributed by atoms with E-state index in [1.807, 2.05) is 68.4 Å². The van der Waals surface area contributed by atoms with Crippen molar-refractivity contribution >= 4 is 30.4 Å². The van der Waals surface area contributed by atoms with Gasteiger partial charge in [-0.15, -0.1) is 0 Å². The third-order valence-electron chi connectivity index (χ3n) is 3.57. The minimum atomic E-state index is -3.82. The number of hydrogen-bond donors (Lipinski definition) is 0. The van der Waals surface area contributed by atoms with Gasteiger partial charge in [-0.3, -0.25) is 0 Å². The van der Waals surface area contributed by atoms with Gasteiger partial charge in [0, 0.05) is 0 Å². The Morgan fingerprint density at radius 1 is 0.720 bits per heavy atom. The molecule has 0 atom stereocenters. The predicted octanol–water partition coefficient (Wildman–Crippen LogP) is 5.17. The maximum atomic E-state index is 12.8. The number of rotatable bonds is 5. The van der Waals surface area contributed by atoms with E-state index in [-0.39, 0.29) is 4.90 Å². The monoisotopic (exact) mass is 466 g/mol. The molecule has 0 amide bonds. The molecule has 0 radical (unpaired) electrons. The Labute approximate surface area is 156 Å². The van der Waals surface area contributed by atoms with Crippen molar-refractivity contribution in [3.05, 3.63) is 97.1 Å². The summed E-state index contributed by atoms with van der Waals surface area (Å²) in [4.78, 5) is 0.198. The van der Waals surface area contributed by atoms with Gasteiger partial charge in [0.15, 0.2) is 0 Å². The van der Waals surface area contributed by atoms with Gasteiger partial charge >= 0.3 is 157 Å². The molecule has 0 spiro atoms. The van der Waals surface area contributed by atoms with Crippen LogP contribution in [0.4, 0.5) is 0 Å². The summed E-state index contributed by atoms with van der Waals surface area (Å²) in [6, 6.07) is 24.3. The quantitative estimate of drug-likeness (QED) is 0.488. The van der Waals surface area contributed by atoms with E-state index >= 15 is 0 Å². The zero-order chi connectivity index (χ0) is 17.9. The Kier molecular flexibility index (Phi) is 5.56. The number of hydrogen-bond acceptors (Lipinski definition) is 3. The summed E-state index contributed by atoms with van der Waals surface area (Å²) in [7, 11) is -3.82. The van der Waals surface area contributed by atoms with Crippen LogP contribution in [0.2, 0.25) is 0 Å². The number of benzene rings is 3. The van der Waals surface area contributed by atoms with Crippen molar-refractivity contribution in [1.82, 2.24) is 0 Å². The fraction of sp³-hybridized carbons (Fsp3) is 0.100. The van der Waals surface area contributed by atoms with Crippen LogP contribution in [0.15, 0.2) is 83.8 Å². The van der Waals surface area contributed by atoms with Crippen LogP contribution in [0, 0.1) is 21.0 Å². The molecular weight excluding hydrogens is 447 g/mol. The average molecular weight is 466 g/mol. The summed E-state index contributed by atoms with van der Waals surface area (Å²) in [6.45, 7) is 3.92. The maximum absolute atomic E-state index is 12.8. The van der Waals surface area contributed by atoms with E-state index in [9.17, 15) is 8.42 Å². The van der Waals surface area contributed by atoms with E-state index in [2.05, 4.69) is 0 Å². The van der Waals surface area contributed by atoms with Crippen molar-refractivity contribution < 1.29 is 10.9 Å². The van der Waals surface area contributed by atoms with E-state index < -0.39 is 30.4 Å². The van der Waals surface area contributed by atoms with Crippen LogP contribution >= 0.6 is 20.2 Å². The van der Waals surface area contributed by atoms with Crippen LogP contribution in [0.1, 0.15) is 11.1 Å². The molecule has 0 unspecified atom stereocenters. The second-order valence-electron chi connectivity index (χ2n) is 5.67. The van der Waals surface area contributed by atoms with Gasteiger partial charge in [-0.05, 0) is 0 Å². The molecule has 3 rings (SSSR count). The Balaban J connectivity index is 2.02. The summed E-state index contributed by atoms with van der Waals surface area (Å²) in [5, 5.41) is 0. The van der Waals surface area contributed by atoms with Crippen molar-refractivity contribution in [3.63, 3.8) is 0 Å². The Morgan fingerprint density at radius 3 is 2.00 bits per heavy atom. The standard InChI is InChI=1S/C20H19IO3S/c1-16-11-13-20(14-12-16)25(22,23)24-21(18-8-4-3-5-9-18)19-10-6-7-17(2)15-19/h3-15H,1-2H3. The fourth-order valence-corrected chi connectivity index (χ4v) is 9.50. The topological polar surface area (TPSA) is 43.4 Å². The minimum absolute atomic E-state index is 0.198. The Bertz CT molecular complexity index is 952. The molecule has 3 nitrogen and oxygen atoms in total. The van der Waals surface area contributed by atoms with Gasteiger partial charge < -0.3 is 0 Å². The van der Waals surface area contributed by atoms with Crippen molar-refractivity contribution in [3.8, 4) is 0 Å². The first-order chi connectivity index (χ1) is 12.0. The molecule has 0 bridgehead atoms. The first-order valence-electron chi connectivity index (χ1n) is 7.79. The van der Waals surface area contributed by atoms with E-state index in [0.29, 0.717) is 0 Å². The zero-order valence-electron chi connectivity index (χ0n) is 14.0. The van der Waals surface area contributed by atoms with Crippen LogP contribution in [0.3, 0.4) is 0 Å². The molecule has 0 heterocycles. The molecule has 0 saturated heterocycles. The van der Waals surface area contributed by atoms with Crippen LogP contribution in [-0.2, 0) is 12.6 Å². The summed E-state index contributed by atoms with van der Waals surface area (Å²) < 4.78 is 33.3. The van der Waals surface area contributed by atoms with Crippen LogP contribution in [-0.4, -0.2) is 8.42 Å². The van der Waals surface area contributed by atoms with Gasteiger partial charge in [-0.2, -0.15) is 0 Å². The molecule has 0 N–H and O–H groups in total. The summed E-state index contributed by atoms with van der Waals surface area (Å²) in [5.41, 5.74) is 2.10. The van der Waals surface area contributed by atoms with Gasteiger partial charge in [0.25, 0.3) is 0 Å². The third kappa shape index (κ3) is 4.48. The predicted molar refractivity (Wildman–Crippen MR) is 108 cm³/mol. The molecule has 5 heteroatoms. The van der Waals surface area contributed by atoms with E-state index in [1.54, 1.807) is 24.3 Å². The van der Waals surface area contributed by atoms with E-state index in [1.165, 1.54) is 0 Å². The van der Waals surface area contributed by atoms with Gasteiger partial charge in [-0.25, -0.2) is 0 Å². The molecule has 3 aromatic rings. The first kappa shape index (κ1) is 18.1. The van der Waals surface area contributed by atoms with Crippen LogP contribution < -0.4 is 0 Å². The molecule has 0 fully saturated rings. The van der Waals surface area contributed by atoms with Crippen LogP contribution in [0.5, 0.6) is 0 Å². The number of aryl methyl sites for hydroxylation is 2. The average Bonchev–Trinajstić information content (AvgIpc) is 2.61. The summed E-state index contributed by atoms with van der Waals surface area (Å²) in [6.07, 6.45) is 0. The molecule has 0 aliphatic rings. The molecule has 3 aromatic carbocycles. The summed E-state index contributed by atoms with van der Waals surface area (Å²) in [5.74, 6) is 0. The fourth-order valence-electron chi connectivity index (χ4n) is 2.26. The normalized spacial score (nSPS) is 12.0. The van der Waals surface area contributed by atoms with E-state index in [0.717, 1.165) is 18.3 Å². The van der Waals surface area contributed by atoms with Crippen molar-refractivity contribution in [2.24, 2.45) is 0 Å². The summed E-state index contributed by atoms with van der Waals surface area (Å²) >= 11 is -2.59. The SMILES string of the molecule is Cc1ccc(S(=O)(=O)OI(c2ccccc2)c2cccc(C)c2)cc1. The molecular formula is C20H19IO3S. The van der Waals surface area contributed by atoms with E-state index in [4.69, 9.17) is 2.51 Å². The second-order valence-corrected chi connectivity index (χ2v) is 12.2. The molecule has 0 aromatic heterocycles. The van der Waals surface area contributed by atoms with Crippen molar-refractivity contribution in [2.75, 3.05) is 0 Å². The zero-order valence-corrected chi connectivity index (χ0v) is 17.0. The Morgan fingerprint density at radius 2 is 1.36 bits per heavy atom. The molecule has 0 saturated carbocycles. The third-order valence-corrected chi connectivity index (χ3v) is 10.9. The first-order valence-corrected chi connectivity index (χ1v) is 12.2. The van der Waals surface area contributed by atoms with Gasteiger partial charge in [0.2, 0.25) is 0 Å². The van der Waals surface area contributed by atoms with Crippen LogP contribution in [0.25, 0.3) is 0 Å².